The van der Waals surface area contributed by atoms with E-state index in [4.69, 9.17) is 4.74 Å². The Morgan fingerprint density at radius 1 is 1.55 bits per heavy atom. The van der Waals surface area contributed by atoms with Crippen LogP contribution in [0, 0.1) is 5.92 Å². The van der Waals surface area contributed by atoms with E-state index in [0.29, 0.717) is 18.1 Å². The normalized spacial score (nSPS) is 26.1. The maximum absolute atomic E-state index is 11.0. The van der Waals surface area contributed by atoms with Gasteiger partial charge in [-0.1, -0.05) is 0 Å². The maximum atomic E-state index is 11.0. The van der Waals surface area contributed by atoms with Gasteiger partial charge in [0.2, 0.25) is 0 Å². The Hall–Kier alpha value is -0.370. The molecule has 0 radical (unpaired) electrons. The molecule has 0 saturated heterocycles. The summed E-state index contributed by atoms with van der Waals surface area (Å²) < 4.78 is 5.32. The molecule has 1 rings (SSSR count). The molecule has 0 aromatic rings. The lowest BCUT2D eigenvalue weighted by molar-refractivity contribution is -0.118. The number of carbonyl (C=O) groups is 1. The van der Waals surface area contributed by atoms with E-state index in [-0.39, 0.29) is 5.60 Å². The molecule has 0 amide bonds. The van der Waals surface area contributed by atoms with Crippen molar-refractivity contribution in [2.75, 3.05) is 7.11 Å². The van der Waals surface area contributed by atoms with Crippen LogP contribution in [0.3, 0.4) is 0 Å². The minimum absolute atomic E-state index is 0.119. The lowest BCUT2D eigenvalue weighted by Gasteiger charge is -2.29. The van der Waals surface area contributed by atoms with Crippen LogP contribution in [-0.2, 0) is 9.53 Å². The first-order chi connectivity index (χ1) is 5.06. The average Bonchev–Trinajstić information content (AvgIpc) is 2.36. The van der Waals surface area contributed by atoms with Crippen LogP contribution in [0.15, 0.2) is 0 Å². The summed E-state index contributed by atoms with van der Waals surface area (Å²) in [5.74, 6) is 0.820. The largest absolute Gasteiger partial charge is 0.379 e. The summed E-state index contributed by atoms with van der Waals surface area (Å²) in [4.78, 5) is 11.0. The molecule has 0 heterocycles. The van der Waals surface area contributed by atoms with E-state index < -0.39 is 0 Å². The molecule has 1 aliphatic rings. The molecule has 0 bridgehead atoms. The highest BCUT2D eigenvalue weighted by Gasteiger charge is 2.34. The molecule has 0 N–H and O–H groups in total. The monoisotopic (exact) mass is 156 g/mol. The maximum Gasteiger partial charge on any atom is 0.133 e. The fourth-order valence-electron chi connectivity index (χ4n) is 1.57. The number of hydrogen-bond acceptors (Lipinski definition) is 2. The number of hydrogen-bond donors (Lipinski definition) is 0. The van der Waals surface area contributed by atoms with Gasteiger partial charge in [-0.2, -0.15) is 0 Å². The van der Waals surface area contributed by atoms with Crippen LogP contribution in [0.2, 0.25) is 0 Å². The SMILES string of the molecule is COC(C)(C)C1CCC(=O)C1. The second-order valence-electron chi connectivity index (χ2n) is 3.79. The van der Waals surface area contributed by atoms with Crippen molar-refractivity contribution < 1.29 is 9.53 Å². The summed E-state index contributed by atoms with van der Waals surface area (Å²) in [5, 5.41) is 0. The zero-order valence-electron chi connectivity index (χ0n) is 7.52. The molecule has 1 atom stereocenters. The molecule has 1 aliphatic carbocycles. The highest BCUT2D eigenvalue weighted by Crippen LogP contribution is 2.33. The van der Waals surface area contributed by atoms with Gasteiger partial charge in [0, 0.05) is 20.0 Å². The van der Waals surface area contributed by atoms with Crippen molar-refractivity contribution in [2.45, 2.75) is 38.7 Å². The standard InChI is InChI=1S/C9H16O2/c1-9(2,11-3)7-4-5-8(10)6-7/h7H,4-6H2,1-3H3. The van der Waals surface area contributed by atoms with Crippen molar-refractivity contribution in [1.82, 2.24) is 0 Å². The van der Waals surface area contributed by atoms with Gasteiger partial charge in [0.25, 0.3) is 0 Å². The predicted molar refractivity (Wildman–Crippen MR) is 43.4 cm³/mol. The van der Waals surface area contributed by atoms with E-state index >= 15 is 0 Å². The Morgan fingerprint density at radius 2 is 2.18 bits per heavy atom. The smallest absolute Gasteiger partial charge is 0.133 e. The third-order valence-electron chi connectivity index (χ3n) is 2.75. The first-order valence-electron chi connectivity index (χ1n) is 4.13. The predicted octanol–water partition coefficient (Wildman–Crippen LogP) is 1.78. The van der Waals surface area contributed by atoms with Crippen LogP contribution in [0.4, 0.5) is 0 Å². The first-order valence-corrected chi connectivity index (χ1v) is 4.13. The van der Waals surface area contributed by atoms with E-state index in [1.165, 1.54) is 0 Å². The topological polar surface area (TPSA) is 26.3 Å². The molecule has 2 nitrogen and oxygen atoms in total. The molecule has 0 aromatic heterocycles. The molecule has 2 heteroatoms. The summed E-state index contributed by atoms with van der Waals surface area (Å²) in [7, 11) is 1.71. The van der Waals surface area contributed by atoms with E-state index in [0.717, 1.165) is 12.8 Å². The van der Waals surface area contributed by atoms with Gasteiger partial charge in [0.05, 0.1) is 5.60 Å². The van der Waals surface area contributed by atoms with E-state index in [1.54, 1.807) is 7.11 Å². The third kappa shape index (κ3) is 1.80. The van der Waals surface area contributed by atoms with Crippen molar-refractivity contribution in [3.05, 3.63) is 0 Å². The van der Waals surface area contributed by atoms with Gasteiger partial charge >= 0.3 is 0 Å². The summed E-state index contributed by atoms with van der Waals surface area (Å²) >= 11 is 0. The van der Waals surface area contributed by atoms with Crippen LogP contribution in [0.25, 0.3) is 0 Å². The lowest BCUT2D eigenvalue weighted by Crippen LogP contribution is -2.31. The average molecular weight is 156 g/mol. The minimum atomic E-state index is -0.119. The molecule has 0 spiro atoms. The van der Waals surface area contributed by atoms with Crippen LogP contribution in [0.1, 0.15) is 33.1 Å². The molecular formula is C9H16O2. The van der Waals surface area contributed by atoms with Crippen molar-refractivity contribution in [3.8, 4) is 0 Å². The molecule has 1 saturated carbocycles. The van der Waals surface area contributed by atoms with Gasteiger partial charge in [0.15, 0.2) is 0 Å². The van der Waals surface area contributed by atoms with Crippen molar-refractivity contribution in [2.24, 2.45) is 5.92 Å². The van der Waals surface area contributed by atoms with Gasteiger partial charge in [-0.3, -0.25) is 4.79 Å². The first kappa shape index (κ1) is 8.72. The van der Waals surface area contributed by atoms with Gasteiger partial charge in [0.1, 0.15) is 5.78 Å². The number of Topliss-reactive ketones (excluding diaryl/α,β-unsaturated/α-hetero) is 1. The van der Waals surface area contributed by atoms with Gasteiger partial charge < -0.3 is 4.74 Å². The number of rotatable bonds is 2. The van der Waals surface area contributed by atoms with Crippen LogP contribution in [0.5, 0.6) is 0 Å². The van der Waals surface area contributed by atoms with Crippen molar-refractivity contribution >= 4 is 5.78 Å². The Bertz CT molecular complexity index is 161. The molecule has 11 heavy (non-hydrogen) atoms. The highest BCUT2D eigenvalue weighted by molar-refractivity contribution is 5.80. The number of carbonyl (C=O) groups excluding carboxylic acids is 1. The fourth-order valence-corrected chi connectivity index (χ4v) is 1.57. The van der Waals surface area contributed by atoms with Gasteiger partial charge in [-0.15, -0.1) is 0 Å². The van der Waals surface area contributed by atoms with Crippen molar-refractivity contribution in [3.63, 3.8) is 0 Å². The van der Waals surface area contributed by atoms with Crippen LogP contribution < -0.4 is 0 Å². The van der Waals surface area contributed by atoms with Crippen LogP contribution in [-0.4, -0.2) is 18.5 Å². The number of ketones is 1. The summed E-state index contributed by atoms with van der Waals surface area (Å²) in [5.41, 5.74) is -0.119. The van der Waals surface area contributed by atoms with E-state index in [1.807, 2.05) is 0 Å². The Morgan fingerprint density at radius 3 is 2.55 bits per heavy atom. The minimum Gasteiger partial charge on any atom is -0.379 e. The molecule has 0 aromatic carbocycles. The molecule has 64 valence electrons. The quantitative estimate of drug-likeness (QED) is 0.609. The lowest BCUT2D eigenvalue weighted by atomic mass is 9.89. The molecule has 1 unspecified atom stereocenters. The highest BCUT2D eigenvalue weighted by atomic mass is 16.5. The summed E-state index contributed by atoms with van der Waals surface area (Å²) in [6, 6.07) is 0. The van der Waals surface area contributed by atoms with Crippen molar-refractivity contribution in [1.29, 1.82) is 0 Å². The van der Waals surface area contributed by atoms with Gasteiger partial charge in [-0.05, 0) is 26.2 Å². The second-order valence-corrected chi connectivity index (χ2v) is 3.79. The third-order valence-corrected chi connectivity index (χ3v) is 2.75. The van der Waals surface area contributed by atoms with E-state index in [9.17, 15) is 4.79 Å². The second kappa shape index (κ2) is 2.94. The fraction of sp³-hybridized carbons (Fsp3) is 0.889. The zero-order chi connectivity index (χ0) is 8.48. The summed E-state index contributed by atoms with van der Waals surface area (Å²) in [6.07, 6.45) is 2.46. The van der Waals surface area contributed by atoms with Crippen LogP contribution >= 0.6 is 0 Å². The Labute approximate surface area is 67.9 Å². The molecular weight excluding hydrogens is 140 g/mol. The Balaban J connectivity index is 2.55. The van der Waals surface area contributed by atoms with E-state index in [2.05, 4.69) is 13.8 Å². The number of ether oxygens (including phenoxy) is 1. The molecule has 1 fully saturated rings. The van der Waals surface area contributed by atoms with Gasteiger partial charge in [-0.25, -0.2) is 0 Å². The number of methoxy groups -OCH3 is 1. The molecule has 0 aliphatic heterocycles. The Kier molecular flexibility index (Phi) is 2.33. The summed E-state index contributed by atoms with van der Waals surface area (Å²) in [6.45, 7) is 4.10. The zero-order valence-corrected chi connectivity index (χ0v) is 7.52.